The summed E-state index contributed by atoms with van der Waals surface area (Å²) in [5.74, 6) is 0.0468. The molecule has 1 aliphatic heterocycles. The lowest BCUT2D eigenvalue weighted by Gasteiger charge is -2.40. The van der Waals surface area contributed by atoms with Crippen LogP contribution in [0, 0.1) is 5.92 Å². The second-order valence-corrected chi connectivity index (χ2v) is 9.10. The SMILES string of the molecule is O=C(NCc1ccccc1)[C@@H](C1CCCC1)N1CCN(C(=O)c2ccc(C(F)(F)F)cc2)CC1. The Balaban J connectivity index is 1.37. The summed E-state index contributed by atoms with van der Waals surface area (Å²) in [5.41, 5.74) is 0.525. The van der Waals surface area contributed by atoms with Gasteiger partial charge in [0.15, 0.2) is 0 Å². The Morgan fingerprint density at radius 2 is 1.53 bits per heavy atom. The van der Waals surface area contributed by atoms with Crippen LogP contribution in [0.2, 0.25) is 0 Å². The molecule has 2 aromatic carbocycles. The third kappa shape index (κ3) is 5.78. The van der Waals surface area contributed by atoms with Gasteiger partial charge in [-0.25, -0.2) is 0 Å². The van der Waals surface area contributed by atoms with E-state index < -0.39 is 11.7 Å². The maximum atomic E-state index is 13.2. The molecule has 0 bridgehead atoms. The predicted molar refractivity (Wildman–Crippen MR) is 123 cm³/mol. The molecule has 8 heteroatoms. The molecule has 1 saturated heterocycles. The summed E-state index contributed by atoms with van der Waals surface area (Å²) < 4.78 is 38.4. The van der Waals surface area contributed by atoms with Gasteiger partial charge in [0.05, 0.1) is 11.6 Å². The number of nitrogens with one attached hydrogen (secondary N) is 1. The number of carbonyl (C=O) groups is 2. The predicted octanol–water partition coefficient (Wildman–Crippen LogP) is 4.34. The quantitative estimate of drug-likeness (QED) is 0.679. The zero-order chi connectivity index (χ0) is 24.1. The number of rotatable bonds is 6. The van der Waals surface area contributed by atoms with Crippen LogP contribution in [-0.4, -0.2) is 53.8 Å². The fourth-order valence-electron chi connectivity index (χ4n) is 5.03. The van der Waals surface area contributed by atoms with Gasteiger partial charge in [-0.05, 0) is 48.6 Å². The van der Waals surface area contributed by atoms with E-state index in [-0.39, 0.29) is 23.4 Å². The molecule has 1 saturated carbocycles. The van der Waals surface area contributed by atoms with E-state index in [1.165, 1.54) is 12.1 Å². The number of alkyl halides is 3. The number of nitrogens with zero attached hydrogens (tertiary/aromatic N) is 2. The first-order valence-corrected chi connectivity index (χ1v) is 11.8. The molecule has 1 atom stereocenters. The fourth-order valence-corrected chi connectivity index (χ4v) is 5.03. The van der Waals surface area contributed by atoms with Crippen LogP contribution in [0.25, 0.3) is 0 Å². The Labute approximate surface area is 197 Å². The normalized spacial score (nSPS) is 18.6. The molecule has 1 aliphatic carbocycles. The van der Waals surface area contributed by atoms with Crippen LogP contribution in [0.1, 0.15) is 47.2 Å². The van der Waals surface area contributed by atoms with Crippen molar-refractivity contribution in [3.8, 4) is 0 Å². The molecular weight excluding hydrogens is 443 g/mol. The largest absolute Gasteiger partial charge is 0.416 e. The Hall–Kier alpha value is -2.87. The van der Waals surface area contributed by atoms with Crippen LogP contribution >= 0.6 is 0 Å². The van der Waals surface area contributed by atoms with Crippen LogP contribution in [-0.2, 0) is 17.5 Å². The summed E-state index contributed by atoms with van der Waals surface area (Å²) >= 11 is 0. The van der Waals surface area contributed by atoms with Gasteiger partial charge < -0.3 is 10.2 Å². The van der Waals surface area contributed by atoms with Gasteiger partial charge in [-0.3, -0.25) is 14.5 Å². The molecule has 0 spiro atoms. The molecule has 2 fully saturated rings. The first-order chi connectivity index (χ1) is 16.3. The van der Waals surface area contributed by atoms with E-state index in [1.54, 1.807) is 4.90 Å². The molecular formula is C26H30F3N3O2. The van der Waals surface area contributed by atoms with Crippen molar-refractivity contribution in [3.63, 3.8) is 0 Å². The average Bonchev–Trinajstić information content (AvgIpc) is 3.37. The molecule has 1 N–H and O–H groups in total. The van der Waals surface area contributed by atoms with Crippen molar-refractivity contribution in [2.45, 2.75) is 44.4 Å². The second kappa shape index (κ2) is 10.6. The van der Waals surface area contributed by atoms with Crippen LogP contribution in [0.3, 0.4) is 0 Å². The first-order valence-electron chi connectivity index (χ1n) is 11.8. The third-order valence-electron chi connectivity index (χ3n) is 6.88. The molecule has 0 aromatic heterocycles. The van der Waals surface area contributed by atoms with E-state index in [2.05, 4.69) is 10.2 Å². The summed E-state index contributed by atoms with van der Waals surface area (Å²) in [6, 6.07) is 13.9. The van der Waals surface area contributed by atoms with Crippen molar-refractivity contribution in [2.75, 3.05) is 26.2 Å². The monoisotopic (exact) mass is 473 g/mol. The number of hydrogen-bond donors (Lipinski definition) is 1. The highest BCUT2D eigenvalue weighted by Gasteiger charge is 2.37. The van der Waals surface area contributed by atoms with Crippen molar-refractivity contribution in [3.05, 3.63) is 71.3 Å². The van der Waals surface area contributed by atoms with Crippen molar-refractivity contribution in [2.24, 2.45) is 5.92 Å². The molecule has 1 heterocycles. The van der Waals surface area contributed by atoms with Gasteiger partial charge >= 0.3 is 6.18 Å². The van der Waals surface area contributed by atoms with Crippen molar-refractivity contribution in [1.29, 1.82) is 0 Å². The number of halogens is 3. The number of hydrogen-bond acceptors (Lipinski definition) is 3. The third-order valence-corrected chi connectivity index (χ3v) is 6.88. The molecule has 4 rings (SSSR count). The Bertz CT molecular complexity index is 965. The summed E-state index contributed by atoms with van der Waals surface area (Å²) in [6.45, 7) is 2.48. The van der Waals surface area contributed by atoms with Crippen molar-refractivity contribution in [1.82, 2.24) is 15.1 Å². The molecule has 2 aliphatic rings. The minimum atomic E-state index is -4.43. The highest BCUT2D eigenvalue weighted by atomic mass is 19.4. The maximum Gasteiger partial charge on any atom is 0.416 e. The second-order valence-electron chi connectivity index (χ2n) is 9.10. The Morgan fingerprint density at radius 1 is 0.912 bits per heavy atom. The van der Waals surface area contributed by atoms with Gasteiger partial charge in [0.25, 0.3) is 5.91 Å². The highest BCUT2D eigenvalue weighted by molar-refractivity contribution is 5.94. The van der Waals surface area contributed by atoms with E-state index in [4.69, 9.17) is 0 Å². The highest BCUT2D eigenvalue weighted by Crippen LogP contribution is 2.32. The summed E-state index contributed by atoms with van der Waals surface area (Å²) in [4.78, 5) is 29.9. The smallest absolute Gasteiger partial charge is 0.351 e. The number of piperazine rings is 1. The zero-order valence-corrected chi connectivity index (χ0v) is 19.1. The molecule has 5 nitrogen and oxygen atoms in total. The van der Waals surface area contributed by atoms with Gasteiger partial charge in [-0.15, -0.1) is 0 Å². The van der Waals surface area contributed by atoms with Gasteiger partial charge in [0, 0.05) is 38.3 Å². The molecule has 34 heavy (non-hydrogen) atoms. The average molecular weight is 474 g/mol. The lowest BCUT2D eigenvalue weighted by molar-refractivity contribution is -0.137. The standard InChI is InChI=1S/C26H30F3N3O2/c27-26(28,29)22-12-10-21(11-13-22)25(34)32-16-14-31(15-17-32)23(20-8-4-5-9-20)24(33)30-18-19-6-2-1-3-7-19/h1-3,6-7,10-13,20,23H,4-5,8-9,14-18H2,(H,30,33)/t23-/m1/s1. The topological polar surface area (TPSA) is 52.7 Å². The minimum absolute atomic E-state index is 0.0262. The van der Waals surface area contributed by atoms with Gasteiger partial charge in [0.1, 0.15) is 0 Å². The Kier molecular flexibility index (Phi) is 7.56. The maximum absolute atomic E-state index is 13.2. The van der Waals surface area contributed by atoms with Crippen molar-refractivity contribution < 1.29 is 22.8 Å². The van der Waals surface area contributed by atoms with Gasteiger partial charge in [0.2, 0.25) is 5.91 Å². The summed E-state index contributed by atoms with van der Waals surface area (Å²) in [6.07, 6.45) is -0.134. The number of carbonyl (C=O) groups excluding carboxylic acids is 2. The van der Waals surface area contributed by atoms with E-state index in [0.29, 0.717) is 38.6 Å². The van der Waals surface area contributed by atoms with E-state index in [0.717, 1.165) is 43.4 Å². The fraction of sp³-hybridized carbons (Fsp3) is 0.462. The molecule has 182 valence electrons. The summed E-state index contributed by atoms with van der Waals surface area (Å²) in [5, 5.41) is 3.10. The van der Waals surface area contributed by atoms with Gasteiger partial charge in [-0.2, -0.15) is 13.2 Å². The first kappa shape index (κ1) is 24.3. The summed E-state index contributed by atoms with van der Waals surface area (Å²) in [7, 11) is 0. The lowest BCUT2D eigenvalue weighted by Crippen LogP contribution is -2.57. The van der Waals surface area contributed by atoms with Crippen LogP contribution < -0.4 is 5.32 Å². The van der Waals surface area contributed by atoms with Crippen LogP contribution in [0.5, 0.6) is 0 Å². The Morgan fingerprint density at radius 3 is 2.12 bits per heavy atom. The zero-order valence-electron chi connectivity index (χ0n) is 19.1. The van der Waals surface area contributed by atoms with Gasteiger partial charge in [-0.1, -0.05) is 43.2 Å². The molecule has 2 aromatic rings. The molecule has 0 unspecified atom stereocenters. The lowest BCUT2D eigenvalue weighted by atomic mass is 9.94. The van der Waals surface area contributed by atoms with Crippen molar-refractivity contribution >= 4 is 11.8 Å². The number of amides is 2. The minimum Gasteiger partial charge on any atom is -0.351 e. The van der Waals surface area contributed by atoms with E-state index in [1.807, 2.05) is 30.3 Å². The molecule has 2 amide bonds. The van der Waals surface area contributed by atoms with Crippen LogP contribution in [0.4, 0.5) is 13.2 Å². The van der Waals surface area contributed by atoms with E-state index >= 15 is 0 Å². The molecule has 0 radical (unpaired) electrons. The number of benzene rings is 2. The van der Waals surface area contributed by atoms with E-state index in [9.17, 15) is 22.8 Å². The van der Waals surface area contributed by atoms with Crippen LogP contribution in [0.15, 0.2) is 54.6 Å².